The van der Waals surface area contributed by atoms with E-state index in [1.165, 1.54) is 12.1 Å². The van der Waals surface area contributed by atoms with Crippen LogP contribution in [0, 0.1) is 0 Å². The molecular weight excluding hydrogens is 488 g/mol. The number of rotatable bonds is 4. The quantitative estimate of drug-likeness (QED) is 0.459. The van der Waals surface area contributed by atoms with Crippen LogP contribution in [-0.2, 0) is 9.59 Å². The second kappa shape index (κ2) is 13.4. The highest BCUT2D eigenvalue weighted by Crippen LogP contribution is 2.31. The number of imide groups is 2. The van der Waals surface area contributed by atoms with Gasteiger partial charge in [0, 0.05) is 32.6 Å². The summed E-state index contributed by atoms with van der Waals surface area (Å²) in [5.74, 6) is -0.854. The van der Waals surface area contributed by atoms with Gasteiger partial charge in [0.05, 0.1) is 23.5 Å². The number of carbonyl (C=O) groups is 4. The van der Waals surface area contributed by atoms with E-state index in [1.807, 2.05) is 39.8 Å². The summed E-state index contributed by atoms with van der Waals surface area (Å²) in [6.07, 6.45) is 7.29. The van der Waals surface area contributed by atoms with Crippen LogP contribution in [0.5, 0.6) is 11.5 Å². The minimum absolute atomic E-state index is 0.0715. The fourth-order valence-electron chi connectivity index (χ4n) is 4.04. The Morgan fingerprint density at radius 3 is 2.16 bits per heavy atom. The van der Waals surface area contributed by atoms with Crippen molar-refractivity contribution in [2.75, 3.05) is 31.1 Å². The van der Waals surface area contributed by atoms with E-state index in [2.05, 4.69) is 25.5 Å². The largest absolute Gasteiger partial charge is 0.454 e. The number of piperazine rings is 1. The van der Waals surface area contributed by atoms with Crippen LogP contribution < -0.4 is 20.3 Å². The first-order chi connectivity index (χ1) is 18.4. The molecule has 2 saturated heterocycles. The van der Waals surface area contributed by atoms with Crippen molar-refractivity contribution < 1.29 is 23.9 Å². The second-order valence-electron chi connectivity index (χ2n) is 8.38. The Morgan fingerprint density at radius 2 is 1.55 bits per heavy atom. The Balaban J connectivity index is 0.000000612. The maximum atomic E-state index is 12.9. The Bertz CT molecular complexity index is 1190. The molecule has 2 fully saturated rings. The van der Waals surface area contributed by atoms with Crippen LogP contribution in [0.25, 0.3) is 0 Å². The van der Waals surface area contributed by atoms with Gasteiger partial charge in [-0.25, -0.2) is 9.97 Å². The number of carbonyl (C=O) groups excluding carboxylic acids is 4. The Kier molecular flexibility index (Phi) is 10.1. The smallest absolute Gasteiger partial charge is 0.262 e. The number of allylic oxidation sites excluding steroid dienone is 2. The standard InChI is InChI=1S/C21H20N6O5.C4H8.C2H6/c28-17-4-3-16(18(29)25-17)27-19(30)14-2-1-12(9-15(14)20(27)31)32-13-10-23-21(24-11-13)26-7-5-22-6-8-26;1-3-4-2;1-2/h1-2,9-11,16,22H,3-8H2,(H,25,28,29);3-4H,1-2H3;1-2H3/b;4-3+;. The summed E-state index contributed by atoms with van der Waals surface area (Å²) in [6.45, 7) is 11.4. The molecule has 2 N–H and O–H groups in total. The van der Waals surface area contributed by atoms with Gasteiger partial charge in [0.1, 0.15) is 11.8 Å². The number of fused-ring (bicyclic) bond motifs is 1. The van der Waals surface area contributed by atoms with Crippen molar-refractivity contribution >= 4 is 29.6 Å². The van der Waals surface area contributed by atoms with Crippen molar-refractivity contribution in [2.45, 2.75) is 46.6 Å². The fraction of sp³-hybridized carbons (Fsp3) is 0.407. The highest BCUT2D eigenvalue weighted by atomic mass is 16.5. The summed E-state index contributed by atoms with van der Waals surface area (Å²) in [6, 6.07) is 3.52. The molecule has 1 unspecified atom stereocenters. The van der Waals surface area contributed by atoms with Crippen LogP contribution >= 0.6 is 0 Å². The predicted octanol–water partition coefficient (Wildman–Crippen LogP) is 2.69. The number of hydrogen-bond donors (Lipinski definition) is 2. The molecule has 3 aliphatic heterocycles. The fourth-order valence-corrected chi connectivity index (χ4v) is 4.04. The van der Waals surface area contributed by atoms with E-state index in [0.717, 1.165) is 31.1 Å². The van der Waals surface area contributed by atoms with Gasteiger partial charge in [-0.05, 0) is 38.5 Å². The summed E-state index contributed by atoms with van der Waals surface area (Å²) in [4.78, 5) is 60.9. The topological polar surface area (TPSA) is 134 Å². The lowest BCUT2D eigenvalue weighted by atomic mass is 10.0. The van der Waals surface area contributed by atoms with E-state index in [-0.39, 0.29) is 24.0 Å². The maximum Gasteiger partial charge on any atom is 0.262 e. The molecule has 0 aliphatic carbocycles. The average molecular weight is 523 g/mol. The molecule has 202 valence electrons. The molecule has 11 heteroatoms. The first-order valence-electron chi connectivity index (χ1n) is 12.8. The summed E-state index contributed by atoms with van der Waals surface area (Å²) in [5, 5.41) is 5.45. The van der Waals surface area contributed by atoms with Gasteiger partial charge in [-0.1, -0.05) is 26.0 Å². The molecule has 38 heavy (non-hydrogen) atoms. The number of amides is 4. The molecule has 1 aromatic heterocycles. The normalized spacial score (nSPS) is 18.8. The van der Waals surface area contributed by atoms with Gasteiger partial charge in [0.2, 0.25) is 17.8 Å². The second-order valence-corrected chi connectivity index (χ2v) is 8.38. The van der Waals surface area contributed by atoms with Gasteiger partial charge in [-0.3, -0.25) is 29.4 Å². The summed E-state index contributed by atoms with van der Waals surface area (Å²) in [5.41, 5.74) is 0.341. The minimum Gasteiger partial charge on any atom is -0.454 e. The molecule has 4 amide bonds. The van der Waals surface area contributed by atoms with Crippen molar-refractivity contribution in [3.8, 4) is 11.5 Å². The molecule has 0 saturated carbocycles. The number of ether oxygens (including phenoxy) is 1. The third-order valence-electron chi connectivity index (χ3n) is 5.99. The molecular formula is C27H34N6O5. The molecule has 1 aromatic carbocycles. The van der Waals surface area contributed by atoms with E-state index in [9.17, 15) is 19.2 Å². The van der Waals surface area contributed by atoms with Crippen LogP contribution in [0.15, 0.2) is 42.7 Å². The number of anilines is 1. The summed E-state index contributed by atoms with van der Waals surface area (Å²) in [7, 11) is 0. The number of aromatic nitrogens is 2. The van der Waals surface area contributed by atoms with Gasteiger partial charge in [-0.15, -0.1) is 0 Å². The van der Waals surface area contributed by atoms with Crippen LogP contribution in [0.1, 0.15) is 61.3 Å². The van der Waals surface area contributed by atoms with Crippen molar-refractivity contribution in [3.05, 3.63) is 53.9 Å². The molecule has 11 nitrogen and oxygen atoms in total. The van der Waals surface area contributed by atoms with E-state index < -0.39 is 29.7 Å². The van der Waals surface area contributed by atoms with Gasteiger partial charge < -0.3 is 15.0 Å². The first kappa shape index (κ1) is 28.5. The highest BCUT2D eigenvalue weighted by molar-refractivity contribution is 6.23. The van der Waals surface area contributed by atoms with Crippen molar-refractivity contribution in [3.63, 3.8) is 0 Å². The minimum atomic E-state index is -1.00. The maximum absolute atomic E-state index is 12.9. The van der Waals surface area contributed by atoms with Gasteiger partial charge >= 0.3 is 0 Å². The Morgan fingerprint density at radius 1 is 0.921 bits per heavy atom. The molecule has 0 spiro atoms. The summed E-state index contributed by atoms with van der Waals surface area (Å²) >= 11 is 0. The van der Waals surface area contributed by atoms with E-state index >= 15 is 0 Å². The lowest BCUT2D eigenvalue weighted by Gasteiger charge is -2.27. The number of nitrogens with zero attached hydrogens (tertiary/aromatic N) is 4. The third kappa shape index (κ3) is 6.41. The zero-order valence-electron chi connectivity index (χ0n) is 22.2. The number of piperidine rings is 1. The monoisotopic (exact) mass is 522 g/mol. The first-order valence-corrected chi connectivity index (χ1v) is 12.8. The zero-order valence-corrected chi connectivity index (χ0v) is 22.2. The van der Waals surface area contributed by atoms with E-state index in [1.54, 1.807) is 18.5 Å². The third-order valence-corrected chi connectivity index (χ3v) is 5.99. The highest BCUT2D eigenvalue weighted by Gasteiger charge is 2.44. The van der Waals surface area contributed by atoms with Crippen LogP contribution in [-0.4, -0.2) is 70.7 Å². The number of benzene rings is 1. The lowest BCUT2D eigenvalue weighted by molar-refractivity contribution is -0.136. The summed E-state index contributed by atoms with van der Waals surface area (Å²) < 4.78 is 5.78. The van der Waals surface area contributed by atoms with Crippen LogP contribution in [0.4, 0.5) is 5.95 Å². The zero-order chi connectivity index (χ0) is 27.7. The molecule has 2 aromatic rings. The Labute approximate surface area is 222 Å². The lowest BCUT2D eigenvalue weighted by Crippen LogP contribution is -2.54. The van der Waals surface area contributed by atoms with E-state index in [4.69, 9.17) is 4.74 Å². The number of nitrogens with one attached hydrogen (secondary N) is 2. The van der Waals surface area contributed by atoms with E-state index in [0.29, 0.717) is 17.4 Å². The average Bonchev–Trinajstić information content (AvgIpc) is 3.20. The molecule has 4 heterocycles. The molecule has 0 radical (unpaired) electrons. The molecule has 0 bridgehead atoms. The SMILES string of the molecule is C/C=C/C.CC.O=C1CCC(N2C(=O)c3ccc(Oc4cnc(N5CCNCC5)nc4)cc3C2=O)C(=O)N1. The molecule has 5 rings (SSSR count). The van der Waals surface area contributed by atoms with Gasteiger partial charge in [0.15, 0.2) is 5.75 Å². The Hall–Kier alpha value is -4.12. The molecule has 1 atom stereocenters. The molecule has 3 aliphatic rings. The number of hydrogen-bond acceptors (Lipinski definition) is 9. The van der Waals surface area contributed by atoms with Crippen LogP contribution in [0.2, 0.25) is 0 Å². The van der Waals surface area contributed by atoms with Crippen molar-refractivity contribution in [2.24, 2.45) is 0 Å². The van der Waals surface area contributed by atoms with Gasteiger partial charge in [0.25, 0.3) is 11.8 Å². The van der Waals surface area contributed by atoms with Crippen molar-refractivity contribution in [1.82, 2.24) is 25.5 Å². The predicted molar refractivity (Wildman–Crippen MR) is 142 cm³/mol. The van der Waals surface area contributed by atoms with Crippen molar-refractivity contribution in [1.29, 1.82) is 0 Å². The van der Waals surface area contributed by atoms with Crippen LogP contribution in [0.3, 0.4) is 0 Å². The van der Waals surface area contributed by atoms with Gasteiger partial charge in [-0.2, -0.15) is 0 Å².